The van der Waals surface area contributed by atoms with E-state index in [0.717, 1.165) is 12.5 Å². The van der Waals surface area contributed by atoms with Crippen molar-refractivity contribution in [2.75, 3.05) is 11.9 Å². The van der Waals surface area contributed by atoms with Crippen LogP contribution in [0.1, 0.15) is 106 Å². The molecule has 0 aliphatic heterocycles. The van der Waals surface area contributed by atoms with Crippen molar-refractivity contribution in [3.63, 3.8) is 0 Å². The lowest BCUT2D eigenvalue weighted by Gasteiger charge is -2.29. The predicted octanol–water partition coefficient (Wildman–Crippen LogP) is 9.90. The molecule has 0 bridgehead atoms. The maximum Gasteiger partial charge on any atom is 0.269 e. The lowest BCUT2D eigenvalue weighted by atomic mass is 9.84. The van der Waals surface area contributed by atoms with Crippen molar-refractivity contribution < 1.29 is 17.6 Å². The molecule has 1 saturated carbocycles. The smallest absolute Gasteiger partial charge is 0.269 e. The van der Waals surface area contributed by atoms with Gasteiger partial charge in [0.05, 0.1) is 16.4 Å². The standard InChI is InChI=1S/C37H42ClF4N5O/c1-6-8-28(43)32-21(5)31(10-9-27(32)38)47-35(26(20(3)4)17-22-15-24(39)18-25(40)16-22)46-34-33(36(47)48)30(44-7-2)19-29(45-34)23-11-13-37(41,42)14-12-23/h9-10,15-16,18-20,23,26,43H,6-8,11-14,17H2,1-5H3,(H,44,45). The molecule has 1 unspecified atom stereocenters. The van der Waals surface area contributed by atoms with Crippen LogP contribution in [-0.2, 0) is 6.42 Å². The van der Waals surface area contributed by atoms with Gasteiger partial charge >= 0.3 is 0 Å². The number of nitrogens with zero attached hydrogens (tertiary/aromatic N) is 3. The van der Waals surface area contributed by atoms with Crippen molar-refractivity contribution in [3.05, 3.63) is 91.6 Å². The number of rotatable bonds is 11. The molecule has 0 amide bonds. The first-order valence-corrected chi connectivity index (χ1v) is 17.0. The van der Waals surface area contributed by atoms with E-state index in [4.69, 9.17) is 27.0 Å². The van der Waals surface area contributed by atoms with Gasteiger partial charge in [0, 0.05) is 54.3 Å². The van der Waals surface area contributed by atoms with Gasteiger partial charge in [-0.05, 0) is 86.9 Å². The summed E-state index contributed by atoms with van der Waals surface area (Å²) in [6.07, 6.45) is 1.45. The van der Waals surface area contributed by atoms with Crippen LogP contribution in [0.25, 0.3) is 16.7 Å². The average molecular weight is 684 g/mol. The Bertz CT molecular complexity index is 1880. The fourth-order valence-electron chi connectivity index (χ4n) is 6.84. The molecule has 2 aromatic carbocycles. The van der Waals surface area contributed by atoms with Crippen molar-refractivity contribution in [1.82, 2.24) is 14.5 Å². The molecule has 48 heavy (non-hydrogen) atoms. The number of benzene rings is 2. The molecule has 1 fully saturated rings. The lowest BCUT2D eigenvalue weighted by molar-refractivity contribution is -0.0384. The molecule has 4 aromatic rings. The van der Waals surface area contributed by atoms with E-state index in [1.807, 2.05) is 34.6 Å². The van der Waals surface area contributed by atoms with Crippen LogP contribution in [0.5, 0.6) is 0 Å². The Labute approximate surface area is 283 Å². The summed E-state index contributed by atoms with van der Waals surface area (Å²) in [7, 11) is 0. The molecule has 5 rings (SSSR count). The quantitative estimate of drug-likeness (QED) is 0.122. The van der Waals surface area contributed by atoms with E-state index in [1.165, 1.54) is 16.7 Å². The van der Waals surface area contributed by atoms with Crippen LogP contribution in [0.3, 0.4) is 0 Å². The third-order valence-electron chi connectivity index (χ3n) is 9.33. The molecule has 2 N–H and O–H groups in total. The van der Waals surface area contributed by atoms with E-state index in [1.54, 1.807) is 18.2 Å². The second-order valence-corrected chi connectivity index (χ2v) is 13.6. The molecule has 0 radical (unpaired) electrons. The van der Waals surface area contributed by atoms with Crippen LogP contribution >= 0.6 is 11.6 Å². The topological polar surface area (TPSA) is 83.7 Å². The average Bonchev–Trinajstić information content (AvgIpc) is 3.00. The number of hydrogen-bond donors (Lipinski definition) is 2. The zero-order valence-electron chi connectivity index (χ0n) is 28.0. The summed E-state index contributed by atoms with van der Waals surface area (Å²) in [5, 5.41) is 12.7. The molecule has 6 nitrogen and oxygen atoms in total. The zero-order valence-corrected chi connectivity index (χ0v) is 28.7. The van der Waals surface area contributed by atoms with Crippen LogP contribution in [0.4, 0.5) is 23.2 Å². The fraction of sp³-hybridized carbons (Fsp3) is 0.459. The summed E-state index contributed by atoms with van der Waals surface area (Å²) in [5.41, 5.74) is 3.28. The van der Waals surface area contributed by atoms with Gasteiger partial charge in [0.25, 0.3) is 5.56 Å². The number of hydrogen-bond acceptors (Lipinski definition) is 5. The minimum atomic E-state index is -2.71. The summed E-state index contributed by atoms with van der Waals surface area (Å²) >= 11 is 6.64. The van der Waals surface area contributed by atoms with Crippen LogP contribution < -0.4 is 10.9 Å². The first-order chi connectivity index (χ1) is 22.7. The number of fused-ring (bicyclic) bond motifs is 1. The first-order valence-electron chi connectivity index (χ1n) is 16.7. The maximum absolute atomic E-state index is 14.9. The summed E-state index contributed by atoms with van der Waals surface area (Å²) in [5.74, 6) is -4.64. The molecule has 2 heterocycles. The normalized spacial score (nSPS) is 15.6. The Balaban J connectivity index is 1.82. The molecular formula is C37H42ClF4N5O. The number of halogens is 5. The minimum Gasteiger partial charge on any atom is -0.385 e. The Morgan fingerprint density at radius 3 is 2.35 bits per heavy atom. The summed E-state index contributed by atoms with van der Waals surface area (Å²) in [4.78, 5) is 24.8. The van der Waals surface area contributed by atoms with Gasteiger partial charge in [-0.15, -0.1) is 0 Å². The van der Waals surface area contributed by atoms with Crippen LogP contribution in [0, 0.1) is 29.9 Å². The molecule has 256 valence electrons. The van der Waals surface area contributed by atoms with Crippen molar-refractivity contribution >= 4 is 34.0 Å². The Morgan fingerprint density at radius 2 is 1.75 bits per heavy atom. The van der Waals surface area contributed by atoms with E-state index in [2.05, 4.69) is 5.32 Å². The van der Waals surface area contributed by atoms with Gasteiger partial charge in [-0.1, -0.05) is 38.8 Å². The van der Waals surface area contributed by atoms with E-state index >= 15 is 0 Å². The monoisotopic (exact) mass is 683 g/mol. The SMILES string of the molecule is CCCC(=N)c1c(Cl)ccc(-n2c(C(Cc3cc(F)cc(F)c3)C(C)C)nc3nc(C4CCC(F)(F)CC4)cc(NCC)c3c2=O)c1C. The van der Waals surface area contributed by atoms with Crippen LogP contribution in [0.15, 0.2) is 41.2 Å². The van der Waals surface area contributed by atoms with Gasteiger partial charge in [0.2, 0.25) is 5.92 Å². The first kappa shape index (κ1) is 35.5. The van der Waals surface area contributed by atoms with E-state index in [9.17, 15) is 22.4 Å². The Morgan fingerprint density at radius 1 is 1.08 bits per heavy atom. The van der Waals surface area contributed by atoms with E-state index in [-0.39, 0.29) is 55.0 Å². The van der Waals surface area contributed by atoms with Gasteiger partial charge in [-0.2, -0.15) is 0 Å². The number of aromatic nitrogens is 3. The molecular weight excluding hydrogens is 642 g/mol. The molecule has 1 aliphatic rings. The third kappa shape index (κ3) is 7.28. The Kier molecular flexibility index (Phi) is 10.6. The molecule has 0 saturated heterocycles. The summed E-state index contributed by atoms with van der Waals surface area (Å²) in [6.45, 7) is 10.1. The molecule has 1 aliphatic carbocycles. The van der Waals surface area contributed by atoms with Gasteiger partial charge in [-0.25, -0.2) is 27.5 Å². The van der Waals surface area contributed by atoms with Crippen molar-refractivity contribution in [1.29, 1.82) is 5.41 Å². The highest BCUT2D eigenvalue weighted by Crippen LogP contribution is 2.42. The second-order valence-electron chi connectivity index (χ2n) is 13.2. The summed E-state index contributed by atoms with van der Waals surface area (Å²) in [6, 6.07) is 8.54. The van der Waals surface area contributed by atoms with Gasteiger partial charge in [0.1, 0.15) is 22.8 Å². The van der Waals surface area contributed by atoms with Gasteiger partial charge in [0.15, 0.2) is 5.65 Å². The second kappa shape index (κ2) is 14.4. The molecule has 2 aromatic heterocycles. The van der Waals surface area contributed by atoms with Gasteiger partial charge < -0.3 is 10.7 Å². The van der Waals surface area contributed by atoms with Crippen LogP contribution in [0.2, 0.25) is 5.02 Å². The predicted molar refractivity (Wildman–Crippen MR) is 185 cm³/mol. The molecule has 11 heteroatoms. The maximum atomic E-state index is 14.9. The van der Waals surface area contributed by atoms with Crippen LogP contribution in [-0.4, -0.2) is 32.7 Å². The number of pyridine rings is 1. The van der Waals surface area contributed by atoms with Crippen molar-refractivity contribution in [3.8, 4) is 5.69 Å². The highest BCUT2D eigenvalue weighted by atomic mass is 35.5. The Hall–Kier alpha value is -3.79. The number of nitrogens with one attached hydrogen (secondary N) is 2. The van der Waals surface area contributed by atoms with Crippen molar-refractivity contribution in [2.45, 2.75) is 97.3 Å². The molecule has 1 atom stereocenters. The van der Waals surface area contributed by atoms with E-state index in [0.29, 0.717) is 63.3 Å². The van der Waals surface area contributed by atoms with E-state index < -0.39 is 29.0 Å². The largest absolute Gasteiger partial charge is 0.385 e. The number of anilines is 1. The number of alkyl halides is 2. The third-order valence-corrected chi connectivity index (χ3v) is 9.65. The highest BCUT2D eigenvalue weighted by molar-refractivity contribution is 6.34. The minimum absolute atomic E-state index is 0.144. The fourth-order valence-corrected chi connectivity index (χ4v) is 7.16. The van der Waals surface area contributed by atoms with Crippen molar-refractivity contribution in [2.24, 2.45) is 5.92 Å². The molecule has 0 spiro atoms. The highest BCUT2D eigenvalue weighted by Gasteiger charge is 2.36. The lowest BCUT2D eigenvalue weighted by Crippen LogP contribution is -2.30. The van der Waals surface area contributed by atoms with Gasteiger partial charge in [-0.3, -0.25) is 9.36 Å². The zero-order chi connectivity index (χ0) is 34.9. The summed E-state index contributed by atoms with van der Waals surface area (Å²) < 4.78 is 58.4.